The van der Waals surface area contributed by atoms with E-state index in [9.17, 15) is 4.79 Å². The van der Waals surface area contributed by atoms with Gasteiger partial charge in [0.15, 0.2) is 0 Å². The highest BCUT2D eigenvalue weighted by molar-refractivity contribution is 6.30. The molecule has 0 saturated carbocycles. The Kier molecular flexibility index (Phi) is 6.31. The predicted molar refractivity (Wildman–Crippen MR) is 120 cm³/mol. The van der Waals surface area contributed by atoms with Crippen LogP contribution in [0.15, 0.2) is 72.8 Å². The van der Waals surface area contributed by atoms with Gasteiger partial charge in [0.25, 0.3) is 0 Å². The molecule has 0 radical (unpaired) electrons. The molecule has 0 bridgehead atoms. The van der Waals surface area contributed by atoms with Crippen LogP contribution in [0, 0.1) is 0 Å². The fraction of sp³-hybridized carbons (Fsp3) is 0.174. The molecule has 7 heteroatoms. The predicted octanol–water partition coefficient (Wildman–Crippen LogP) is 4.88. The summed E-state index contributed by atoms with van der Waals surface area (Å²) in [7, 11) is 0. The van der Waals surface area contributed by atoms with Gasteiger partial charge in [0.05, 0.1) is 0 Å². The number of hydrogen-bond donors (Lipinski definition) is 1. The maximum absolute atomic E-state index is 12.5. The molecule has 5 nitrogen and oxygen atoms in total. The molecule has 0 aliphatic heterocycles. The first-order chi connectivity index (χ1) is 14.6. The van der Waals surface area contributed by atoms with Crippen LogP contribution >= 0.6 is 23.2 Å². The van der Waals surface area contributed by atoms with Gasteiger partial charge in [0.1, 0.15) is 17.6 Å². The summed E-state index contributed by atoms with van der Waals surface area (Å²) in [5, 5.41) is 13.1. The summed E-state index contributed by atoms with van der Waals surface area (Å²) in [6.07, 6.45) is 0.767. The normalized spacial score (nSPS) is 12.1. The molecular weight excluding hydrogens is 419 g/mol. The summed E-state index contributed by atoms with van der Waals surface area (Å²) in [5.74, 6) is -0.0394. The lowest BCUT2D eigenvalue weighted by Gasteiger charge is -2.19. The van der Waals surface area contributed by atoms with Crippen molar-refractivity contribution in [3.63, 3.8) is 0 Å². The Balaban J connectivity index is 1.44. The van der Waals surface area contributed by atoms with Crippen LogP contribution in [-0.4, -0.2) is 27.4 Å². The van der Waals surface area contributed by atoms with E-state index in [0.717, 1.165) is 28.6 Å². The van der Waals surface area contributed by atoms with Crippen molar-refractivity contribution in [2.45, 2.75) is 18.9 Å². The number of carbonyl (C=O) groups is 1. The van der Waals surface area contributed by atoms with Crippen molar-refractivity contribution in [2.24, 2.45) is 0 Å². The zero-order valence-corrected chi connectivity index (χ0v) is 17.6. The molecule has 0 spiro atoms. The van der Waals surface area contributed by atoms with Crippen molar-refractivity contribution in [2.75, 3.05) is 6.54 Å². The maximum Gasteiger partial charge on any atom is 0.243 e. The molecule has 0 aliphatic carbocycles. The first-order valence-corrected chi connectivity index (χ1v) is 10.4. The minimum Gasteiger partial charge on any atom is -0.354 e. The lowest BCUT2D eigenvalue weighted by molar-refractivity contribution is -0.122. The summed E-state index contributed by atoms with van der Waals surface area (Å²) in [5.41, 5.74) is 3.80. The number of halogens is 2. The minimum atomic E-state index is -0.134. The number of fused-ring (bicyclic) bond motifs is 1. The van der Waals surface area contributed by atoms with Crippen LogP contribution in [0.1, 0.15) is 17.0 Å². The highest BCUT2D eigenvalue weighted by Crippen LogP contribution is 2.23. The van der Waals surface area contributed by atoms with Crippen molar-refractivity contribution in [1.82, 2.24) is 20.3 Å². The lowest BCUT2D eigenvalue weighted by atomic mass is 9.92. The van der Waals surface area contributed by atoms with Crippen molar-refractivity contribution >= 4 is 40.1 Å². The molecule has 0 fully saturated rings. The van der Waals surface area contributed by atoms with Crippen molar-refractivity contribution in [3.05, 3.63) is 94.0 Å². The minimum absolute atomic E-state index is 0.0724. The van der Waals surface area contributed by atoms with Crippen LogP contribution in [0.2, 0.25) is 10.0 Å². The van der Waals surface area contributed by atoms with Crippen LogP contribution in [0.3, 0.4) is 0 Å². The summed E-state index contributed by atoms with van der Waals surface area (Å²) in [4.78, 5) is 14.0. The smallest absolute Gasteiger partial charge is 0.243 e. The van der Waals surface area contributed by atoms with Gasteiger partial charge < -0.3 is 5.32 Å². The van der Waals surface area contributed by atoms with Crippen molar-refractivity contribution < 1.29 is 4.79 Å². The van der Waals surface area contributed by atoms with Gasteiger partial charge in [-0.25, -0.2) is 0 Å². The molecule has 4 aromatic rings. The molecule has 0 aliphatic rings. The van der Waals surface area contributed by atoms with E-state index in [1.165, 1.54) is 4.80 Å². The van der Waals surface area contributed by atoms with E-state index in [-0.39, 0.29) is 18.4 Å². The highest BCUT2D eigenvalue weighted by Gasteiger charge is 2.15. The van der Waals surface area contributed by atoms with Gasteiger partial charge in [-0.05, 0) is 53.9 Å². The maximum atomic E-state index is 12.5. The summed E-state index contributed by atoms with van der Waals surface area (Å²) in [6.45, 7) is 0.562. The van der Waals surface area contributed by atoms with Crippen LogP contribution in [0.25, 0.3) is 11.0 Å². The van der Waals surface area contributed by atoms with E-state index in [0.29, 0.717) is 16.6 Å². The third kappa shape index (κ3) is 5.17. The molecule has 30 heavy (non-hydrogen) atoms. The van der Waals surface area contributed by atoms with E-state index in [1.807, 2.05) is 72.8 Å². The largest absolute Gasteiger partial charge is 0.354 e. The number of rotatable bonds is 7. The second-order valence-corrected chi connectivity index (χ2v) is 7.98. The Morgan fingerprint density at radius 1 is 0.867 bits per heavy atom. The number of carbonyl (C=O) groups excluding carboxylic acids is 1. The van der Waals surface area contributed by atoms with Gasteiger partial charge >= 0.3 is 0 Å². The summed E-state index contributed by atoms with van der Waals surface area (Å²) >= 11 is 12.1. The van der Waals surface area contributed by atoms with Crippen LogP contribution in [-0.2, 0) is 17.8 Å². The Morgan fingerprint density at radius 2 is 1.43 bits per heavy atom. The van der Waals surface area contributed by atoms with Crippen LogP contribution < -0.4 is 5.32 Å². The average molecular weight is 439 g/mol. The monoisotopic (exact) mass is 438 g/mol. The summed E-state index contributed by atoms with van der Waals surface area (Å²) in [6, 6.07) is 23.0. The molecule has 1 aromatic heterocycles. The average Bonchev–Trinajstić information content (AvgIpc) is 3.15. The molecule has 0 unspecified atom stereocenters. The van der Waals surface area contributed by atoms with Gasteiger partial charge in [-0.3, -0.25) is 4.79 Å². The number of benzene rings is 3. The standard InChI is InChI=1S/C23H20Cl2N4O/c24-19-9-5-16(6-10-19)13-18(17-7-11-20(25)12-8-17)14-26-23(30)15-29-27-21-3-1-2-4-22(21)28-29/h1-12,18H,13-15H2,(H,26,30)/t18-/m0/s1. The first kappa shape index (κ1) is 20.4. The molecule has 0 saturated heterocycles. The molecule has 152 valence electrons. The Labute approximate surface area is 184 Å². The summed E-state index contributed by atoms with van der Waals surface area (Å²) < 4.78 is 0. The Bertz CT molecular complexity index is 1110. The highest BCUT2D eigenvalue weighted by atomic mass is 35.5. The van der Waals surface area contributed by atoms with E-state index < -0.39 is 0 Å². The molecule has 1 atom stereocenters. The first-order valence-electron chi connectivity index (χ1n) is 9.63. The number of amides is 1. The molecule has 4 rings (SSSR count). The number of hydrogen-bond acceptors (Lipinski definition) is 3. The Morgan fingerprint density at radius 3 is 2.03 bits per heavy atom. The third-order valence-electron chi connectivity index (χ3n) is 4.90. The number of aromatic nitrogens is 3. The van der Waals surface area contributed by atoms with E-state index in [2.05, 4.69) is 15.5 Å². The van der Waals surface area contributed by atoms with Crippen LogP contribution in [0.5, 0.6) is 0 Å². The SMILES string of the molecule is O=C(Cn1nc2ccccc2n1)NC[C@H](Cc1ccc(Cl)cc1)c1ccc(Cl)cc1. The van der Waals surface area contributed by atoms with E-state index in [1.54, 1.807) is 0 Å². The molecule has 1 amide bonds. The van der Waals surface area contributed by atoms with Gasteiger partial charge in [-0.1, -0.05) is 59.6 Å². The molecular formula is C23H20Cl2N4O. The second kappa shape index (κ2) is 9.28. The zero-order valence-electron chi connectivity index (χ0n) is 16.1. The lowest BCUT2D eigenvalue weighted by Crippen LogP contribution is -2.32. The Hall–Kier alpha value is -2.89. The van der Waals surface area contributed by atoms with Crippen LogP contribution in [0.4, 0.5) is 0 Å². The molecule has 1 heterocycles. The number of nitrogens with zero attached hydrogens (tertiary/aromatic N) is 3. The second-order valence-electron chi connectivity index (χ2n) is 7.10. The quantitative estimate of drug-likeness (QED) is 0.447. The fourth-order valence-electron chi connectivity index (χ4n) is 3.34. The fourth-order valence-corrected chi connectivity index (χ4v) is 3.60. The van der Waals surface area contributed by atoms with Gasteiger partial charge in [0.2, 0.25) is 5.91 Å². The van der Waals surface area contributed by atoms with Crippen molar-refractivity contribution in [1.29, 1.82) is 0 Å². The van der Waals surface area contributed by atoms with E-state index in [4.69, 9.17) is 23.2 Å². The van der Waals surface area contributed by atoms with E-state index >= 15 is 0 Å². The van der Waals surface area contributed by atoms with Gasteiger partial charge in [-0.15, -0.1) is 0 Å². The van der Waals surface area contributed by atoms with Gasteiger partial charge in [-0.2, -0.15) is 15.0 Å². The third-order valence-corrected chi connectivity index (χ3v) is 5.40. The zero-order chi connectivity index (χ0) is 20.9. The topological polar surface area (TPSA) is 59.8 Å². The molecule has 1 N–H and O–H groups in total. The van der Waals surface area contributed by atoms with Gasteiger partial charge in [0, 0.05) is 22.5 Å². The number of nitrogens with one attached hydrogen (secondary N) is 1. The molecule has 3 aromatic carbocycles. The van der Waals surface area contributed by atoms with Crippen molar-refractivity contribution in [3.8, 4) is 0 Å².